The van der Waals surface area contributed by atoms with Crippen molar-refractivity contribution in [3.8, 4) is 22.6 Å². The summed E-state index contributed by atoms with van der Waals surface area (Å²) < 4.78 is 46.8. The average Bonchev–Trinajstić information content (AvgIpc) is 3.88. The standard InChI is InChI=1S/C56H64F2N8O7/c1-33-43(57)30-46-49(48(33)50-42(52(59)69)14-15-45(51(50)58)72-27-26-67)34(2)56(73-46,39-9-5-4-6-10-39)32-60-40-11-7-8-38(28-40)54(70)65-23-16-35(17-24-65)31-64-21-18-36(19-22-64)37-12-13-41-44(29-37)63(3)62-53(41)66-25-20-47(68)61-55(66)71/h4-6,9-10,14-15,29-30,34-36,38,40,60,67H,7-8,11,16-28,31-32H2,1-3H3,(H2,59,69)(H,61,68,71). The lowest BCUT2D eigenvalue weighted by atomic mass is 9.76. The predicted molar refractivity (Wildman–Crippen MR) is 270 cm³/mol. The van der Waals surface area contributed by atoms with Gasteiger partial charge in [-0.25, -0.2) is 13.6 Å². The van der Waals surface area contributed by atoms with Crippen LogP contribution in [0.1, 0.15) is 109 Å². The minimum atomic E-state index is -1.07. The number of hydrogen-bond donors (Lipinski definition) is 4. The number of aliphatic hydroxyl groups excluding tert-OH is 1. The van der Waals surface area contributed by atoms with Gasteiger partial charge in [-0.3, -0.25) is 29.3 Å². The second kappa shape index (κ2) is 20.7. The molecular weight excluding hydrogens is 935 g/mol. The highest BCUT2D eigenvalue weighted by Gasteiger charge is 2.50. The molecule has 1 saturated carbocycles. The highest BCUT2D eigenvalue weighted by Crippen LogP contribution is 2.56. The summed E-state index contributed by atoms with van der Waals surface area (Å²) in [4.78, 5) is 57.5. The molecule has 384 valence electrons. The van der Waals surface area contributed by atoms with E-state index in [9.17, 15) is 24.3 Å². The fourth-order valence-corrected chi connectivity index (χ4v) is 12.3. The van der Waals surface area contributed by atoms with E-state index in [1.807, 2.05) is 44.3 Å². The van der Waals surface area contributed by atoms with Crippen LogP contribution in [0.15, 0.2) is 54.6 Å². The minimum Gasteiger partial charge on any atom is -0.488 e. The molecule has 1 aromatic heterocycles. The van der Waals surface area contributed by atoms with Gasteiger partial charge in [0.2, 0.25) is 17.7 Å². The monoisotopic (exact) mass is 998 g/mol. The lowest BCUT2D eigenvalue weighted by Gasteiger charge is -2.40. The molecule has 0 spiro atoms. The number of benzene rings is 3. The van der Waals surface area contributed by atoms with Gasteiger partial charge in [0.05, 0.1) is 23.1 Å². The number of carbonyl (C=O) groups excluding carboxylic acids is 4. The van der Waals surface area contributed by atoms with Gasteiger partial charge in [0.15, 0.2) is 23.0 Å². The number of hydrogen-bond acceptors (Lipinski definition) is 10. The van der Waals surface area contributed by atoms with E-state index in [0.717, 1.165) is 94.3 Å². The van der Waals surface area contributed by atoms with E-state index in [4.69, 9.17) is 15.2 Å². The van der Waals surface area contributed by atoms with E-state index in [0.29, 0.717) is 41.6 Å². The number of carbonyl (C=O) groups is 4. The Morgan fingerprint density at radius 2 is 1.75 bits per heavy atom. The summed E-state index contributed by atoms with van der Waals surface area (Å²) in [6.07, 6.45) is 7.43. The molecule has 4 atom stereocenters. The van der Waals surface area contributed by atoms with Crippen LogP contribution in [0.2, 0.25) is 0 Å². The van der Waals surface area contributed by atoms with E-state index in [1.165, 1.54) is 23.1 Å². The van der Waals surface area contributed by atoms with Crippen molar-refractivity contribution in [2.24, 2.45) is 24.6 Å². The van der Waals surface area contributed by atoms with Gasteiger partial charge >= 0.3 is 6.03 Å². The largest absolute Gasteiger partial charge is 0.488 e. The zero-order chi connectivity index (χ0) is 51.1. The molecule has 4 aliphatic heterocycles. The Hall–Kier alpha value is -6.61. The number of anilines is 1. The number of primary amides is 1. The molecule has 10 rings (SSSR count). The molecule has 1 aliphatic carbocycles. The first-order valence-electron chi connectivity index (χ1n) is 25.8. The van der Waals surface area contributed by atoms with Crippen LogP contribution in [0.25, 0.3) is 22.0 Å². The van der Waals surface area contributed by atoms with Gasteiger partial charge in [0.1, 0.15) is 18.2 Å². The third-order valence-electron chi connectivity index (χ3n) is 16.3. The van der Waals surface area contributed by atoms with E-state index < -0.39 is 35.1 Å². The lowest BCUT2D eigenvalue weighted by molar-refractivity contribution is -0.138. The van der Waals surface area contributed by atoms with Crippen LogP contribution in [0.5, 0.6) is 11.5 Å². The molecule has 0 bridgehead atoms. The van der Waals surface area contributed by atoms with Crippen molar-refractivity contribution in [3.05, 3.63) is 106 Å². The summed E-state index contributed by atoms with van der Waals surface area (Å²) in [5, 5.41) is 20.9. The Kier molecular flexibility index (Phi) is 14.2. The first-order chi connectivity index (χ1) is 35.2. The molecule has 15 nitrogen and oxygen atoms in total. The summed E-state index contributed by atoms with van der Waals surface area (Å²) in [5.41, 5.74) is 8.09. The fraction of sp³-hybridized carbons (Fsp3) is 0.482. The lowest BCUT2D eigenvalue weighted by Crippen LogP contribution is -2.50. The van der Waals surface area contributed by atoms with Crippen LogP contribution in [0, 0.1) is 42.5 Å². The summed E-state index contributed by atoms with van der Waals surface area (Å²) >= 11 is 0. The van der Waals surface area contributed by atoms with E-state index >= 15 is 8.78 Å². The van der Waals surface area contributed by atoms with E-state index in [1.54, 1.807) is 11.6 Å². The molecule has 4 unspecified atom stereocenters. The van der Waals surface area contributed by atoms with Gasteiger partial charge in [0.25, 0.3) is 0 Å². The molecule has 4 fully saturated rings. The number of likely N-dealkylation sites (tertiary alicyclic amines) is 2. The number of nitrogens with zero attached hydrogens (tertiary/aromatic N) is 5. The number of halogens is 2. The maximum atomic E-state index is 16.6. The molecule has 0 radical (unpaired) electrons. The van der Waals surface area contributed by atoms with Gasteiger partial charge in [-0.2, -0.15) is 5.10 Å². The second-order valence-corrected chi connectivity index (χ2v) is 20.7. The van der Waals surface area contributed by atoms with Crippen LogP contribution in [-0.4, -0.2) is 114 Å². The van der Waals surface area contributed by atoms with Crippen molar-refractivity contribution in [1.29, 1.82) is 0 Å². The zero-order valence-electron chi connectivity index (χ0n) is 41.8. The second-order valence-electron chi connectivity index (χ2n) is 20.7. The summed E-state index contributed by atoms with van der Waals surface area (Å²) in [7, 11) is 1.86. The topological polar surface area (TPSA) is 185 Å². The summed E-state index contributed by atoms with van der Waals surface area (Å²) in [5.74, 6) is -1.70. The first-order valence-corrected chi connectivity index (χ1v) is 25.8. The van der Waals surface area contributed by atoms with Crippen LogP contribution < -0.4 is 30.7 Å². The molecule has 5 N–H and O–H groups in total. The highest BCUT2D eigenvalue weighted by molar-refractivity contribution is 6.08. The van der Waals surface area contributed by atoms with E-state index in [-0.39, 0.29) is 83.7 Å². The Morgan fingerprint density at radius 1 is 0.986 bits per heavy atom. The van der Waals surface area contributed by atoms with Crippen LogP contribution >= 0.6 is 0 Å². The minimum absolute atomic E-state index is 0.00956. The Morgan fingerprint density at radius 3 is 2.48 bits per heavy atom. The predicted octanol–water partition coefficient (Wildman–Crippen LogP) is 7.00. The van der Waals surface area contributed by atoms with Crippen molar-refractivity contribution in [2.45, 2.75) is 95.1 Å². The molecule has 73 heavy (non-hydrogen) atoms. The van der Waals surface area contributed by atoms with Crippen molar-refractivity contribution in [3.63, 3.8) is 0 Å². The average molecular weight is 999 g/mol. The zero-order valence-corrected chi connectivity index (χ0v) is 41.8. The van der Waals surface area contributed by atoms with Crippen LogP contribution in [0.4, 0.5) is 19.4 Å². The molecule has 17 heteroatoms. The first kappa shape index (κ1) is 49.9. The number of nitrogens with two attached hydrogens (primary N) is 1. The molecule has 3 saturated heterocycles. The third-order valence-corrected chi connectivity index (χ3v) is 16.3. The van der Waals surface area contributed by atoms with Gasteiger partial charge in [-0.15, -0.1) is 0 Å². The fourth-order valence-electron chi connectivity index (χ4n) is 12.3. The van der Waals surface area contributed by atoms with Crippen molar-refractivity contribution < 1.29 is 42.5 Å². The Labute approximate surface area is 424 Å². The smallest absolute Gasteiger partial charge is 0.329 e. The normalized spacial score (nSPS) is 23.0. The summed E-state index contributed by atoms with van der Waals surface area (Å²) in [6, 6.07) is 22.0. The molecule has 4 aromatic carbocycles. The number of imide groups is 1. The number of urea groups is 1. The van der Waals surface area contributed by atoms with Crippen molar-refractivity contribution in [1.82, 2.24) is 30.2 Å². The number of aryl methyl sites for hydroxylation is 1. The molecule has 5 aromatic rings. The number of aromatic nitrogens is 2. The molecule has 5 aliphatic rings. The van der Waals surface area contributed by atoms with Gasteiger partial charge < -0.3 is 35.4 Å². The van der Waals surface area contributed by atoms with Crippen LogP contribution in [-0.2, 0) is 22.2 Å². The van der Waals surface area contributed by atoms with Crippen molar-refractivity contribution >= 4 is 40.5 Å². The maximum Gasteiger partial charge on any atom is 0.329 e. The maximum absolute atomic E-state index is 16.6. The number of nitrogens with one attached hydrogen (secondary N) is 2. The van der Waals surface area contributed by atoms with Crippen LogP contribution in [0.3, 0.4) is 0 Å². The van der Waals surface area contributed by atoms with Gasteiger partial charge in [0, 0.05) is 86.8 Å². The number of ether oxygens (including phenoxy) is 2. The number of piperidine rings is 2. The molecule has 5 amide bonds. The summed E-state index contributed by atoms with van der Waals surface area (Å²) in [6.45, 7) is 8.02. The SMILES string of the molecule is Cc1c(F)cc2c(c1-c1c(C(N)=O)ccc(OCCO)c1F)C(C)C(CNC1CCCC(C(=O)N3CCC(CN4CCC(c5c#cc6c(N7CCC(=O)NC7=O)nn(C)c6c5)CC4)CC3)C1)(c1ccccc1)O2. The number of fused-ring (bicyclic) bond motifs is 2. The quantitative estimate of drug-likeness (QED) is 0.0904. The third kappa shape index (κ3) is 9.61. The molecule has 5 heterocycles. The molecular formula is C56H64F2N8O7. The highest BCUT2D eigenvalue weighted by atomic mass is 19.1. The van der Waals surface area contributed by atoms with Gasteiger partial charge in [-0.05, 0) is 112 Å². The Bertz CT molecular complexity index is 2920. The van der Waals surface area contributed by atoms with Crippen molar-refractivity contribution in [2.75, 3.05) is 63.9 Å². The number of rotatable bonds is 14. The number of amides is 5. The number of aliphatic hydroxyl groups is 1. The van der Waals surface area contributed by atoms with Gasteiger partial charge in [-0.1, -0.05) is 55.8 Å². The Balaban J connectivity index is 0.759. The van der Waals surface area contributed by atoms with E-state index in [2.05, 4.69) is 43.7 Å².